The molecule has 0 aromatic carbocycles. The van der Waals surface area contributed by atoms with Gasteiger partial charge in [-0.25, -0.2) is 0 Å². The summed E-state index contributed by atoms with van der Waals surface area (Å²) in [6.45, 7) is 10.0. The van der Waals surface area contributed by atoms with E-state index < -0.39 is 0 Å². The molecule has 80 valence electrons. The van der Waals surface area contributed by atoms with Gasteiger partial charge in [0, 0.05) is 6.42 Å². The van der Waals surface area contributed by atoms with Crippen molar-refractivity contribution in [3.63, 3.8) is 0 Å². The van der Waals surface area contributed by atoms with Gasteiger partial charge in [0.1, 0.15) is 6.29 Å². The number of hydrogen-bond donors (Lipinski definition) is 0. The Balaban J connectivity index is 2.67. The highest BCUT2D eigenvalue weighted by molar-refractivity contribution is 6.47. The minimum Gasteiger partial charge on any atom is -0.403 e. The molecule has 0 radical (unpaired) electrons. The summed E-state index contributed by atoms with van der Waals surface area (Å²) < 4.78 is 11.6. The van der Waals surface area contributed by atoms with Crippen molar-refractivity contribution in [3.05, 3.63) is 0 Å². The Morgan fingerprint density at radius 3 is 2.00 bits per heavy atom. The first kappa shape index (κ1) is 11.7. The minimum absolute atomic E-state index is 0.119. The highest BCUT2D eigenvalue weighted by Gasteiger charge is 2.52. The number of rotatable bonds is 3. The van der Waals surface area contributed by atoms with E-state index in [1.807, 2.05) is 34.6 Å². The van der Waals surface area contributed by atoms with Gasteiger partial charge in [-0.15, -0.1) is 0 Å². The van der Waals surface area contributed by atoms with E-state index in [-0.39, 0.29) is 24.1 Å². The van der Waals surface area contributed by atoms with Crippen LogP contribution < -0.4 is 0 Å². The van der Waals surface area contributed by atoms with Crippen LogP contribution in [0.4, 0.5) is 0 Å². The Hall–Kier alpha value is -0.345. The van der Waals surface area contributed by atoms with Crippen LogP contribution in [0.2, 0.25) is 5.82 Å². The van der Waals surface area contributed by atoms with Gasteiger partial charge in [-0.2, -0.15) is 0 Å². The first-order chi connectivity index (χ1) is 6.30. The Bertz CT molecular complexity index is 209. The third kappa shape index (κ3) is 2.01. The third-order valence-corrected chi connectivity index (χ3v) is 3.20. The van der Waals surface area contributed by atoms with Crippen molar-refractivity contribution in [2.45, 2.75) is 58.1 Å². The zero-order chi connectivity index (χ0) is 11.0. The van der Waals surface area contributed by atoms with Crippen LogP contribution in [0, 0.1) is 0 Å². The second kappa shape index (κ2) is 3.67. The fourth-order valence-corrected chi connectivity index (χ4v) is 1.38. The lowest BCUT2D eigenvalue weighted by Gasteiger charge is -2.32. The van der Waals surface area contributed by atoms with Gasteiger partial charge >= 0.3 is 7.12 Å². The zero-order valence-corrected chi connectivity index (χ0v) is 9.66. The van der Waals surface area contributed by atoms with Gasteiger partial charge < -0.3 is 14.1 Å². The van der Waals surface area contributed by atoms with Crippen LogP contribution in [0.5, 0.6) is 0 Å². The Morgan fingerprint density at radius 2 is 1.64 bits per heavy atom. The van der Waals surface area contributed by atoms with Gasteiger partial charge in [0.25, 0.3) is 0 Å². The van der Waals surface area contributed by atoms with Crippen LogP contribution in [-0.4, -0.2) is 24.6 Å². The molecule has 0 aromatic heterocycles. The van der Waals surface area contributed by atoms with Gasteiger partial charge in [-0.1, -0.05) is 6.92 Å². The Labute approximate surface area is 86.3 Å². The smallest absolute Gasteiger partial charge is 0.403 e. The number of carbonyl (C=O) groups is 1. The topological polar surface area (TPSA) is 35.5 Å². The molecule has 1 atom stereocenters. The largest absolute Gasteiger partial charge is 0.461 e. The van der Waals surface area contributed by atoms with Crippen LogP contribution >= 0.6 is 0 Å². The second-order valence-corrected chi connectivity index (χ2v) is 5.00. The molecule has 1 aliphatic heterocycles. The molecule has 1 aliphatic rings. The lowest BCUT2D eigenvalue weighted by Crippen LogP contribution is -2.41. The quantitative estimate of drug-likeness (QED) is 0.514. The molecule has 0 N–H and O–H groups in total. The maximum atomic E-state index is 10.4. The molecular weight excluding hydrogens is 179 g/mol. The summed E-state index contributed by atoms with van der Waals surface area (Å²) >= 11 is 0. The first-order valence-corrected chi connectivity index (χ1v) is 5.09. The van der Waals surface area contributed by atoms with Crippen molar-refractivity contribution in [3.8, 4) is 0 Å². The number of hydrogen-bond acceptors (Lipinski definition) is 3. The highest BCUT2D eigenvalue weighted by atomic mass is 16.7. The van der Waals surface area contributed by atoms with Gasteiger partial charge in [0.2, 0.25) is 0 Å². The second-order valence-electron chi connectivity index (χ2n) is 5.00. The maximum absolute atomic E-state index is 10.4. The number of aldehydes is 1. The summed E-state index contributed by atoms with van der Waals surface area (Å²) in [5.41, 5.74) is -0.594. The maximum Gasteiger partial charge on any atom is 0.461 e. The van der Waals surface area contributed by atoms with Crippen molar-refractivity contribution in [1.29, 1.82) is 0 Å². The van der Waals surface area contributed by atoms with Gasteiger partial charge in [-0.3, -0.25) is 0 Å². The molecule has 0 aromatic rings. The average Bonchev–Trinajstić information content (AvgIpc) is 2.22. The molecule has 14 heavy (non-hydrogen) atoms. The summed E-state index contributed by atoms with van der Waals surface area (Å²) in [7, 11) is -0.259. The fraction of sp³-hybridized carbons (Fsp3) is 0.900. The van der Waals surface area contributed by atoms with E-state index in [4.69, 9.17) is 9.31 Å². The van der Waals surface area contributed by atoms with Crippen LogP contribution in [-0.2, 0) is 14.1 Å². The van der Waals surface area contributed by atoms with Crippen LogP contribution in [0.15, 0.2) is 0 Å². The molecule has 0 saturated carbocycles. The zero-order valence-electron chi connectivity index (χ0n) is 9.66. The van der Waals surface area contributed by atoms with E-state index >= 15 is 0 Å². The summed E-state index contributed by atoms with van der Waals surface area (Å²) in [6, 6.07) is 0. The number of carbonyl (C=O) groups excluding carboxylic acids is 1. The predicted molar refractivity (Wildman–Crippen MR) is 56.2 cm³/mol. The molecule has 0 aliphatic carbocycles. The van der Waals surface area contributed by atoms with Crippen molar-refractivity contribution in [1.82, 2.24) is 0 Å². The molecule has 0 unspecified atom stereocenters. The molecule has 1 saturated heterocycles. The average molecular weight is 198 g/mol. The summed E-state index contributed by atoms with van der Waals surface area (Å²) in [5.74, 6) is 0.119. The van der Waals surface area contributed by atoms with E-state index in [0.29, 0.717) is 6.42 Å². The van der Waals surface area contributed by atoms with Gasteiger partial charge in [0.15, 0.2) is 0 Å². The molecular formula is C10H19BO3. The molecule has 3 nitrogen and oxygen atoms in total. The predicted octanol–water partition coefficient (Wildman–Crippen LogP) is 2.06. The normalized spacial score (nSPS) is 26.2. The lowest BCUT2D eigenvalue weighted by atomic mass is 9.71. The fourth-order valence-electron chi connectivity index (χ4n) is 1.38. The van der Waals surface area contributed by atoms with E-state index in [2.05, 4.69) is 0 Å². The molecule has 4 heteroatoms. The summed E-state index contributed by atoms with van der Waals surface area (Å²) in [5, 5.41) is 0. The van der Waals surface area contributed by atoms with Crippen molar-refractivity contribution < 1.29 is 14.1 Å². The van der Waals surface area contributed by atoms with Gasteiger partial charge in [0.05, 0.1) is 11.2 Å². The van der Waals surface area contributed by atoms with Gasteiger partial charge in [-0.05, 0) is 33.5 Å². The molecule has 1 heterocycles. The molecule has 1 rings (SSSR count). The molecule has 0 amide bonds. The Kier molecular flexibility index (Phi) is 3.07. The standard InChI is InChI=1S/C10H19BO3/c1-8(6-7-12)11-13-9(2,3)10(4,5)14-11/h7-8H,6H2,1-5H3/t8-/m0/s1. The van der Waals surface area contributed by atoms with Crippen molar-refractivity contribution in [2.75, 3.05) is 0 Å². The molecule has 0 bridgehead atoms. The Morgan fingerprint density at radius 1 is 1.21 bits per heavy atom. The monoisotopic (exact) mass is 198 g/mol. The SMILES string of the molecule is C[C@@H](CC=O)B1OC(C)(C)C(C)(C)O1. The summed E-state index contributed by atoms with van der Waals surface area (Å²) in [4.78, 5) is 10.4. The van der Waals surface area contributed by atoms with Crippen molar-refractivity contribution in [2.24, 2.45) is 0 Å². The minimum atomic E-state index is -0.297. The van der Waals surface area contributed by atoms with E-state index in [0.717, 1.165) is 6.29 Å². The van der Waals surface area contributed by atoms with Crippen molar-refractivity contribution >= 4 is 13.4 Å². The van der Waals surface area contributed by atoms with Crippen LogP contribution in [0.1, 0.15) is 41.0 Å². The molecule has 0 spiro atoms. The highest BCUT2D eigenvalue weighted by Crippen LogP contribution is 2.40. The van der Waals surface area contributed by atoms with E-state index in [9.17, 15) is 4.79 Å². The van der Waals surface area contributed by atoms with E-state index in [1.165, 1.54) is 0 Å². The first-order valence-electron chi connectivity index (χ1n) is 5.09. The third-order valence-electron chi connectivity index (χ3n) is 3.20. The lowest BCUT2D eigenvalue weighted by molar-refractivity contribution is -0.107. The van der Waals surface area contributed by atoms with E-state index in [1.54, 1.807) is 0 Å². The summed E-state index contributed by atoms with van der Waals surface area (Å²) in [6.07, 6.45) is 1.40. The van der Waals surface area contributed by atoms with Crippen LogP contribution in [0.25, 0.3) is 0 Å². The van der Waals surface area contributed by atoms with Crippen LogP contribution in [0.3, 0.4) is 0 Å². The molecule has 1 fully saturated rings.